The summed E-state index contributed by atoms with van der Waals surface area (Å²) in [5.74, 6) is -0.828. The smallest absolute Gasteiger partial charge is 0.337 e. The van der Waals surface area contributed by atoms with Crippen LogP contribution in [-0.4, -0.2) is 25.2 Å². The monoisotopic (exact) mass is 154 g/mol. The van der Waals surface area contributed by atoms with Crippen molar-refractivity contribution in [2.45, 2.75) is 6.10 Å². The first-order valence-corrected chi connectivity index (χ1v) is 3.24. The van der Waals surface area contributed by atoms with Crippen molar-refractivity contribution in [1.29, 1.82) is 0 Å². The second-order valence-corrected chi connectivity index (χ2v) is 2.50. The van der Waals surface area contributed by atoms with Gasteiger partial charge in [0.25, 0.3) is 0 Å². The molecule has 1 saturated heterocycles. The molecular formula is C7H6O4. The second-order valence-electron chi connectivity index (χ2n) is 2.50. The maximum atomic E-state index is 10.8. The number of rotatable bonds is 1. The zero-order valence-electron chi connectivity index (χ0n) is 5.87. The number of esters is 2. The van der Waals surface area contributed by atoms with Gasteiger partial charge in [0.05, 0.1) is 12.7 Å². The fourth-order valence-corrected chi connectivity index (χ4v) is 1.21. The fraction of sp³-hybridized carbons (Fsp3) is 0.429. The van der Waals surface area contributed by atoms with E-state index >= 15 is 0 Å². The molecule has 1 heterocycles. The van der Waals surface area contributed by atoms with E-state index in [1.165, 1.54) is 7.11 Å². The number of ether oxygens (including phenoxy) is 2. The van der Waals surface area contributed by atoms with Crippen LogP contribution in [0.25, 0.3) is 0 Å². The molecule has 0 aromatic rings. The Morgan fingerprint density at radius 1 is 1.73 bits per heavy atom. The van der Waals surface area contributed by atoms with E-state index in [2.05, 4.69) is 9.47 Å². The highest BCUT2D eigenvalue weighted by atomic mass is 16.6. The molecule has 1 aliphatic heterocycles. The van der Waals surface area contributed by atoms with Gasteiger partial charge in [-0.3, -0.25) is 4.79 Å². The SMILES string of the molecule is COC(=O)C1=CC2C(=O)OC12. The molecule has 0 aromatic heterocycles. The average Bonchev–Trinajstić information content (AvgIpc) is 1.99. The van der Waals surface area contributed by atoms with E-state index in [1.54, 1.807) is 6.08 Å². The Kier molecular flexibility index (Phi) is 1.07. The summed E-state index contributed by atoms with van der Waals surface area (Å²) in [5.41, 5.74) is 0.470. The highest BCUT2D eigenvalue weighted by molar-refractivity contribution is 5.99. The summed E-state index contributed by atoms with van der Waals surface area (Å²) in [6.07, 6.45) is 1.28. The van der Waals surface area contributed by atoms with Crippen molar-refractivity contribution in [1.82, 2.24) is 0 Å². The molecular weight excluding hydrogens is 148 g/mol. The molecule has 11 heavy (non-hydrogen) atoms. The first-order valence-electron chi connectivity index (χ1n) is 3.24. The Labute approximate surface area is 62.8 Å². The van der Waals surface area contributed by atoms with Gasteiger partial charge in [0, 0.05) is 0 Å². The van der Waals surface area contributed by atoms with Gasteiger partial charge in [-0.05, 0) is 0 Å². The van der Waals surface area contributed by atoms with Crippen molar-refractivity contribution in [3.63, 3.8) is 0 Å². The van der Waals surface area contributed by atoms with Gasteiger partial charge in [-0.2, -0.15) is 0 Å². The normalized spacial score (nSPS) is 32.1. The molecule has 0 aromatic carbocycles. The molecule has 2 unspecified atom stereocenters. The van der Waals surface area contributed by atoms with Crippen LogP contribution in [0.2, 0.25) is 0 Å². The third kappa shape index (κ3) is 0.636. The highest BCUT2D eigenvalue weighted by Crippen LogP contribution is 2.39. The number of hydrogen-bond donors (Lipinski definition) is 0. The molecule has 4 heteroatoms. The van der Waals surface area contributed by atoms with E-state index in [-0.39, 0.29) is 18.0 Å². The minimum Gasteiger partial charge on any atom is -0.466 e. The Morgan fingerprint density at radius 2 is 2.45 bits per heavy atom. The Balaban J connectivity index is 2.11. The Hall–Kier alpha value is -1.32. The number of fused-ring (bicyclic) bond motifs is 1. The van der Waals surface area contributed by atoms with Crippen LogP contribution in [0.3, 0.4) is 0 Å². The zero-order chi connectivity index (χ0) is 8.01. The third-order valence-electron chi connectivity index (χ3n) is 1.93. The molecule has 0 saturated carbocycles. The zero-order valence-corrected chi connectivity index (χ0v) is 5.87. The fourth-order valence-electron chi connectivity index (χ4n) is 1.21. The molecule has 0 spiro atoms. The van der Waals surface area contributed by atoms with Crippen LogP contribution in [-0.2, 0) is 19.1 Å². The summed E-state index contributed by atoms with van der Waals surface area (Å²) >= 11 is 0. The van der Waals surface area contributed by atoms with Crippen molar-refractivity contribution in [2.24, 2.45) is 5.92 Å². The topological polar surface area (TPSA) is 52.6 Å². The summed E-state index contributed by atoms with van der Waals surface area (Å²) in [5, 5.41) is 0. The van der Waals surface area contributed by atoms with Gasteiger partial charge >= 0.3 is 11.9 Å². The van der Waals surface area contributed by atoms with E-state index in [0.717, 1.165) is 0 Å². The predicted octanol–water partition coefficient (Wildman–Crippen LogP) is -0.359. The lowest BCUT2D eigenvalue weighted by Gasteiger charge is -2.40. The maximum Gasteiger partial charge on any atom is 0.337 e. The van der Waals surface area contributed by atoms with Crippen molar-refractivity contribution >= 4 is 11.9 Å². The molecule has 2 rings (SSSR count). The maximum absolute atomic E-state index is 10.8. The molecule has 0 bridgehead atoms. The van der Waals surface area contributed by atoms with E-state index in [9.17, 15) is 9.59 Å². The number of carbonyl (C=O) groups excluding carboxylic acids is 2. The van der Waals surface area contributed by atoms with E-state index < -0.39 is 5.97 Å². The van der Waals surface area contributed by atoms with Crippen molar-refractivity contribution in [2.75, 3.05) is 7.11 Å². The molecule has 2 atom stereocenters. The van der Waals surface area contributed by atoms with Gasteiger partial charge in [0.2, 0.25) is 0 Å². The first kappa shape index (κ1) is 6.39. The molecule has 58 valence electrons. The summed E-state index contributed by atoms with van der Waals surface area (Å²) in [6.45, 7) is 0. The molecule has 0 N–H and O–H groups in total. The van der Waals surface area contributed by atoms with Gasteiger partial charge in [0.15, 0.2) is 6.10 Å². The van der Waals surface area contributed by atoms with E-state index in [1.807, 2.05) is 0 Å². The summed E-state index contributed by atoms with van der Waals surface area (Å²) in [7, 11) is 1.30. The number of hydrogen-bond acceptors (Lipinski definition) is 4. The predicted molar refractivity (Wildman–Crippen MR) is 33.5 cm³/mol. The number of methoxy groups -OCH3 is 1. The van der Waals surface area contributed by atoms with Crippen LogP contribution in [0.15, 0.2) is 11.6 Å². The van der Waals surface area contributed by atoms with E-state index in [4.69, 9.17) is 0 Å². The van der Waals surface area contributed by atoms with E-state index in [0.29, 0.717) is 5.57 Å². The lowest BCUT2D eigenvalue weighted by Crippen LogP contribution is -2.53. The van der Waals surface area contributed by atoms with Gasteiger partial charge in [-0.1, -0.05) is 6.08 Å². The van der Waals surface area contributed by atoms with Crippen molar-refractivity contribution < 1.29 is 19.1 Å². The molecule has 4 nitrogen and oxygen atoms in total. The minimum absolute atomic E-state index is 0.177. The Morgan fingerprint density at radius 3 is 2.82 bits per heavy atom. The average molecular weight is 154 g/mol. The van der Waals surface area contributed by atoms with Crippen LogP contribution in [0.1, 0.15) is 0 Å². The molecule has 0 amide bonds. The van der Waals surface area contributed by atoms with Crippen molar-refractivity contribution in [3.8, 4) is 0 Å². The first-order chi connectivity index (χ1) is 5.24. The molecule has 0 radical (unpaired) electrons. The largest absolute Gasteiger partial charge is 0.466 e. The lowest BCUT2D eigenvalue weighted by atomic mass is 9.79. The van der Waals surface area contributed by atoms with Crippen LogP contribution in [0.4, 0.5) is 0 Å². The molecule has 1 fully saturated rings. The standard InChI is InChI=1S/C7H6O4/c1-10-6(8)3-2-4-5(3)11-7(4)9/h2,4-5H,1H3. The van der Waals surface area contributed by atoms with Gasteiger partial charge in [-0.15, -0.1) is 0 Å². The molecule has 2 aliphatic rings. The van der Waals surface area contributed by atoms with Crippen molar-refractivity contribution in [3.05, 3.63) is 11.6 Å². The van der Waals surface area contributed by atoms with Crippen LogP contribution in [0.5, 0.6) is 0 Å². The summed E-state index contributed by atoms with van der Waals surface area (Å²) in [4.78, 5) is 21.3. The van der Waals surface area contributed by atoms with Crippen LogP contribution >= 0.6 is 0 Å². The summed E-state index contributed by atoms with van der Waals surface area (Å²) in [6, 6.07) is 0. The summed E-state index contributed by atoms with van der Waals surface area (Å²) < 4.78 is 9.11. The second kappa shape index (κ2) is 1.84. The van der Waals surface area contributed by atoms with Crippen LogP contribution in [0, 0.1) is 5.92 Å². The Bertz CT molecular complexity index is 266. The third-order valence-corrected chi connectivity index (χ3v) is 1.93. The number of carbonyl (C=O) groups is 2. The lowest BCUT2D eigenvalue weighted by molar-refractivity contribution is -0.180. The van der Waals surface area contributed by atoms with Crippen LogP contribution < -0.4 is 0 Å². The van der Waals surface area contributed by atoms with Gasteiger partial charge < -0.3 is 9.47 Å². The highest BCUT2D eigenvalue weighted by Gasteiger charge is 2.53. The minimum atomic E-state index is -0.404. The van der Waals surface area contributed by atoms with Gasteiger partial charge in [-0.25, -0.2) is 4.79 Å². The molecule has 1 aliphatic carbocycles. The van der Waals surface area contributed by atoms with Gasteiger partial charge in [0.1, 0.15) is 5.92 Å². The quantitative estimate of drug-likeness (QED) is 0.484.